The highest BCUT2D eigenvalue weighted by molar-refractivity contribution is 5.99. The predicted octanol–water partition coefficient (Wildman–Crippen LogP) is 2.93. The molecule has 60 heavy (non-hydrogen) atoms. The Hall–Kier alpha value is -4.02. The van der Waals surface area contributed by atoms with Crippen LogP contribution in [0.5, 0.6) is 0 Å². The molecule has 17 nitrogen and oxygen atoms in total. The molecule has 12 atom stereocenters. The number of amides is 1. The van der Waals surface area contributed by atoms with Gasteiger partial charge in [0.25, 0.3) is 0 Å². The average Bonchev–Trinajstić information content (AvgIpc) is 3.68. The van der Waals surface area contributed by atoms with E-state index in [4.69, 9.17) is 24.7 Å². The third-order valence-electron chi connectivity index (χ3n) is 12.2. The number of anilines is 1. The van der Waals surface area contributed by atoms with Gasteiger partial charge >= 0.3 is 5.97 Å². The van der Waals surface area contributed by atoms with Gasteiger partial charge in [0.1, 0.15) is 29.4 Å². The number of hydrogen-bond acceptors (Lipinski definition) is 15. The Morgan fingerprint density at radius 3 is 2.57 bits per heavy atom. The molecule has 1 amide bonds. The number of aliphatic hydroxyl groups is 2. The van der Waals surface area contributed by atoms with Gasteiger partial charge in [-0.3, -0.25) is 19.1 Å². The van der Waals surface area contributed by atoms with E-state index >= 15 is 0 Å². The molecule has 2 unspecified atom stereocenters. The molecule has 0 spiro atoms. The molecule has 4 rings (SSSR count). The maximum atomic E-state index is 14.2. The van der Waals surface area contributed by atoms with E-state index in [9.17, 15) is 29.9 Å². The number of aliphatic hydroxyl groups excluding tert-OH is 1. The van der Waals surface area contributed by atoms with Crippen molar-refractivity contribution in [1.82, 2.24) is 30.1 Å². The Kier molecular flexibility index (Phi) is 17.6. The number of benzene rings is 1. The number of cyclic esters (lactones) is 1. The van der Waals surface area contributed by atoms with Gasteiger partial charge in [-0.15, -0.1) is 5.10 Å². The van der Waals surface area contributed by atoms with Crippen molar-refractivity contribution in [2.24, 2.45) is 11.8 Å². The predicted molar refractivity (Wildman–Crippen MR) is 224 cm³/mol. The number of carbonyl (C=O) groups is 3. The number of hydrogen-bond donors (Lipinski definition) is 4. The van der Waals surface area contributed by atoms with E-state index in [-0.39, 0.29) is 37.5 Å². The summed E-state index contributed by atoms with van der Waals surface area (Å²) in [4.78, 5) is 44.6. The van der Waals surface area contributed by atoms with Crippen molar-refractivity contribution in [3.63, 3.8) is 0 Å². The van der Waals surface area contributed by atoms with E-state index in [1.165, 1.54) is 18.9 Å². The minimum absolute atomic E-state index is 0.112. The topological polar surface area (TPSA) is 228 Å². The van der Waals surface area contributed by atoms with Gasteiger partial charge in [-0.25, -0.2) is 0 Å². The molecule has 2 aliphatic heterocycles. The summed E-state index contributed by atoms with van der Waals surface area (Å²) in [6.45, 7) is 12.1. The SMILES string of the molecule is CC[C@H]1OC(=O)[C@H](CC#N)C(=O)C[C@@H](O[C@@H]2O[C@H](C)CC(N(C)C)C2O)[C@](C)(OC)C[C@@H](C)CN[C@H](C)[C@@H](N(C=O)CCCCn2cc(-c3cccc(N)c3)nn2)[C@]1(C)O. The standard InChI is InChI=1S/C43H68N8O9/c1-10-36-43(6,56)39(50(26-52)18-11-12-19-51-25-33(47-48-51)30-14-13-15-31(45)21-30)29(4)46-24-27(2)23-42(5,57-9)37(22-35(53)32(16-17-44)40(55)59-36)60-41-38(54)34(49(7)8)20-28(3)58-41/h13-15,21,25-29,32,34,36-39,41,46,54,56H,10-12,16,18-20,22-24,45H2,1-9H3/t27-,28-,29-,32-,34?,36-,37-,38?,39-,41+,42-,43-/m1/s1. The van der Waals surface area contributed by atoms with E-state index in [0.29, 0.717) is 56.6 Å². The lowest BCUT2D eigenvalue weighted by Crippen LogP contribution is -2.65. The zero-order valence-electron chi connectivity index (χ0n) is 36.8. The second-order valence-corrected chi connectivity index (χ2v) is 17.4. The molecule has 3 heterocycles. The van der Waals surface area contributed by atoms with Crippen LogP contribution in [-0.2, 0) is 39.9 Å². The maximum absolute atomic E-state index is 14.2. The van der Waals surface area contributed by atoms with E-state index in [1.54, 1.807) is 17.7 Å². The van der Waals surface area contributed by atoms with Crippen LogP contribution in [-0.4, -0.2) is 147 Å². The number of carbonyl (C=O) groups excluding carboxylic acids is 3. The maximum Gasteiger partial charge on any atom is 0.317 e. The molecule has 2 fully saturated rings. The van der Waals surface area contributed by atoms with Crippen molar-refractivity contribution >= 4 is 23.9 Å². The summed E-state index contributed by atoms with van der Waals surface area (Å²) in [7, 11) is 5.25. The van der Waals surface area contributed by atoms with Gasteiger partial charge in [0, 0.05) is 50.0 Å². The quantitative estimate of drug-likeness (QED) is 0.0705. The largest absolute Gasteiger partial charge is 0.459 e. The number of ether oxygens (including phenoxy) is 4. The van der Waals surface area contributed by atoms with Gasteiger partial charge in [0.15, 0.2) is 12.1 Å². The van der Waals surface area contributed by atoms with E-state index < -0.39 is 72.0 Å². The minimum atomic E-state index is -1.81. The monoisotopic (exact) mass is 841 g/mol. The number of nitrogens with two attached hydrogens (primary N) is 1. The molecule has 0 saturated carbocycles. The number of ketones is 1. The van der Waals surface area contributed by atoms with E-state index in [0.717, 1.165) is 5.56 Å². The summed E-state index contributed by atoms with van der Waals surface area (Å²) in [5, 5.41) is 45.7. The van der Waals surface area contributed by atoms with Crippen LogP contribution in [0.1, 0.15) is 86.5 Å². The Bertz CT molecular complexity index is 1750. The van der Waals surface area contributed by atoms with Gasteiger partial charge in [-0.1, -0.05) is 31.2 Å². The molecular formula is C43H68N8O9. The fourth-order valence-corrected chi connectivity index (χ4v) is 8.80. The number of rotatable bonds is 14. The summed E-state index contributed by atoms with van der Waals surface area (Å²) >= 11 is 0. The average molecular weight is 841 g/mol. The first-order chi connectivity index (χ1) is 28.4. The number of nitrogen functional groups attached to an aromatic ring is 1. The lowest BCUT2D eigenvalue weighted by Gasteiger charge is -2.46. The molecule has 2 saturated heterocycles. The first kappa shape index (κ1) is 48.6. The summed E-state index contributed by atoms with van der Waals surface area (Å²) in [6.07, 6.45) is -0.600. The highest BCUT2D eigenvalue weighted by atomic mass is 16.7. The number of nitrogens with one attached hydrogen (secondary N) is 1. The molecule has 17 heteroatoms. The van der Waals surface area contributed by atoms with Gasteiger partial charge in [-0.05, 0) is 98.5 Å². The molecule has 0 radical (unpaired) electrons. The number of aromatic nitrogens is 3. The van der Waals surface area contributed by atoms with Gasteiger partial charge in [0.2, 0.25) is 6.41 Å². The lowest BCUT2D eigenvalue weighted by atomic mass is 9.82. The van der Waals surface area contributed by atoms with Crippen molar-refractivity contribution in [1.29, 1.82) is 5.26 Å². The van der Waals surface area contributed by atoms with Crippen molar-refractivity contribution in [2.75, 3.05) is 40.0 Å². The first-order valence-corrected chi connectivity index (χ1v) is 21.1. The third kappa shape index (κ3) is 12.1. The summed E-state index contributed by atoms with van der Waals surface area (Å²) in [5.41, 5.74) is 5.17. The van der Waals surface area contributed by atoms with Crippen LogP contribution in [0.25, 0.3) is 11.3 Å². The number of methoxy groups -OCH3 is 1. The fraction of sp³-hybridized carbons (Fsp3) is 0.721. The van der Waals surface area contributed by atoms with Crippen LogP contribution in [0.15, 0.2) is 30.5 Å². The second kappa shape index (κ2) is 21.7. The van der Waals surface area contributed by atoms with Crippen LogP contribution in [0.3, 0.4) is 0 Å². The first-order valence-electron chi connectivity index (χ1n) is 21.1. The summed E-state index contributed by atoms with van der Waals surface area (Å²) < 4.78 is 26.5. The Morgan fingerprint density at radius 2 is 1.93 bits per heavy atom. The number of likely N-dealkylation sites (N-methyl/N-ethyl adjacent to an activating group) is 1. The lowest BCUT2D eigenvalue weighted by molar-refractivity contribution is -0.289. The Labute approximate surface area is 354 Å². The molecule has 0 bridgehead atoms. The Balaban J connectivity index is 1.61. The number of esters is 1. The number of nitrogens with zero attached hydrogens (tertiary/aromatic N) is 6. The van der Waals surface area contributed by atoms with Gasteiger partial charge in [-0.2, -0.15) is 5.26 Å². The van der Waals surface area contributed by atoms with Crippen molar-refractivity contribution in [3.05, 3.63) is 30.5 Å². The zero-order valence-corrected chi connectivity index (χ0v) is 36.8. The molecule has 1 aromatic carbocycles. The second-order valence-electron chi connectivity index (χ2n) is 17.4. The third-order valence-corrected chi connectivity index (χ3v) is 12.2. The van der Waals surface area contributed by atoms with Crippen LogP contribution in [0.4, 0.5) is 5.69 Å². The summed E-state index contributed by atoms with van der Waals surface area (Å²) in [6, 6.07) is 7.66. The Morgan fingerprint density at radius 1 is 1.20 bits per heavy atom. The summed E-state index contributed by atoms with van der Waals surface area (Å²) in [5.74, 6) is -3.20. The number of Topliss-reactive ketones (excluding diaryl/α,β-unsaturated/α-hetero) is 1. The van der Waals surface area contributed by atoms with Gasteiger partial charge in [0.05, 0.1) is 42.5 Å². The van der Waals surface area contributed by atoms with Crippen LogP contribution in [0, 0.1) is 23.2 Å². The van der Waals surface area contributed by atoms with Crippen molar-refractivity contribution in [2.45, 2.75) is 153 Å². The minimum Gasteiger partial charge on any atom is -0.459 e. The molecular weight excluding hydrogens is 773 g/mol. The van der Waals surface area contributed by atoms with Crippen LogP contribution >= 0.6 is 0 Å². The smallest absolute Gasteiger partial charge is 0.317 e. The highest BCUT2D eigenvalue weighted by Gasteiger charge is 2.50. The molecule has 0 aliphatic carbocycles. The number of unbranched alkanes of at least 4 members (excludes halogenated alkanes) is 1. The van der Waals surface area contributed by atoms with Crippen LogP contribution < -0.4 is 11.1 Å². The number of nitriles is 1. The molecule has 2 aliphatic rings. The molecule has 5 N–H and O–H groups in total. The van der Waals surface area contributed by atoms with E-state index in [1.807, 2.05) is 77.2 Å². The zero-order chi connectivity index (χ0) is 44.4. The van der Waals surface area contributed by atoms with Crippen LogP contribution in [0.2, 0.25) is 0 Å². The van der Waals surface area contributed by atoms with E-state index in [2.05, 4.69) is 15.6 Å². The van der Waals surface area contributed by atoms with Gasteiger partial charge < -0.3 is 50.0 Å². The van der Waals surface area contributed by atoms with Crippen molar-refractivity contribution in [3.8, 4) is 17.3 Å². The molecule has 2 aromatic rings. The highest BCUT2D eigenvalue weighted by Crippen LogP contribution is 2.35. The molecule has 334 valence electrons. The van der Waals surface area contributed by atoms with Crippen molar-refractivity contribution < 1.29 is 43.5 Å². The number of aryl methyl sites for hydroxylation is 1. The normalized spacial score (nSPS) is 33.6. The molecule has 1 aromatic heterocycles. The fourth-order valence-electron chi connectivity index (χ4n) is 8.80.